The Morgan fingerprint density at radius 2 is 0.662 bits per heavy atom. The minimum absolute atomic E-state index is 0.0225. The first-order valence-corrected chi connectivity index (χ1v) is 31.2. The van der Waals surface area contributed by atoms with Crippen molar-refractivity contribution >= 4 is 109 Å². The lowest BCUT2D eigenvalue weighted by Crippen LogP contribution is -2.64. The summed E-state index contributed by atoms with van der Waals surface area (Å²) in [6.45, 7) is -0.0598. The summed E-state index contributed by atoms with van der Waals surface area (Å²) >= 11 is 0. The van der Waals surface area contributed by atoms with Gasteiger partial charge in [-0.2, -0.15) is 0 Å². The molecule has 0 radical (unpaired) electrons. The summed E-state index contributed by atoms with van der Waals surface area (Å²) in [5.74, 6) is 1.97. The van der Waals surface area contributed by atoms with Gasteiger partial charge in [0.05, 0.1) is 0 Å². The SMILES string of the molecule is c1ccc(N2c3ccccc3B3c4cc5c(cc4Oc4cc(N(C6CCCCC6)C6CCCCC6)cc2c43)N(c2ccccc2)c2cc(N(C3CCCCC3)C3CCCCC3)cc3c2B5c2ccccc2N3c2ccccc2)cc1. The second-order valence-corrected chi connectivity index (χ2v) is 24.8. The number of anilines is 11. The molecule has 0 N–H and O–H groups in total. The highest BCUT2D eigenvalue weighted by Gasteiger charge is 2.49. The molecule has 0 amide bonds. The molecule has 0 spiro atoms. The quantitative estimate of drug-likeness (QED) is 0.134. The van der Waals surface area contributed by atoms with E-state index in [1.807, 2.05) is 0 Å². The lowest BCUT2D eigenvalue weighted by Gasteiger charge is -2.48. The Kier molecular flexibility index (Phi) is 12.4. The number of hydrogen-bond acceptors (Lipinski definition) is 6. The fourth-order valence-electron chi connectivity index (χ4n) is 16.8. The smallest absolute Gasteiger partial charge is 0.256 e. The first-order valence-electron chi connectivity index (χ1n) is 31.2. The number of para-hydroxylation sites is 5. The van der Waals surface area contributed by atoms with E-state index in [4.69, 9.17) is 4.74 Å². The monoisotopic (exact) mass is 1050 g/mol. The van der Waals surface area contributed by atoms with Crippen molar-refractivity contribution in [1.29, 1.82) is 0 Å². The van der Waals surface area contributed by atoms with Crippen LogP contribution in [-0.2, 0) is 0 Å². The van der Waals surface area contributed by atoms with Crippen LogP contribution in [0.5, 0.6) is 11.5 Å². The molecule has 4 aliphatic heterocycles. The van der Waals surface area contributed by atoms with Crippen molar-refractivity contribution in [2.75, 3.05) is 24.5 Å². The van der Waals surface area contributed by atoms with E-state index in [0.29, 0.717) is 24.2 Å². The van der Waals surface area contributed by atoms with E-state index in [0.717, 1.165) is 11.5 Å². The van der Waals surface area contributed by atoms with Crippen molar-refractivity contribution in [3.8, 4) is 11.5 Å². The predicted molar refractivity (Wildman–Crippen MR) is 339 cm³/mol. The predicted octanol–water partition coefficient (Wildman–Crippen LogP) is 15.1. The van der Waals surface area contributed by atoms with Crippen LogP contribution in [0.3, 0.4) is 0 Å². The average molecular weight is 1050 g/mol. The summed E-state index contributed by atoms with van der Waals surface area (Å²) in [5.41, 5.74) is 21.7. The van der Waals surface area contributed by atoms with Gasteiger partial charge in [-0.15, -0.1) is 0 Å². The Balaban J connectivity index is 0.951. The van der Waals surface area contributed by atoms with Crippen molar-refractivity contribution in [2.45, 2.75) is 153 Å². The van der Waals surface area contributed by atoms with Gasteiger partial charge < -0.3 is 29.2 Å². The van der Waals surface area contributed by atoms with Crippen LogP contribution in [0.25, 0.3) is 0 Å². The summed E-state index contributed by atoms with van der Waals surface area (Å²) in [6, 6.07) is 70.0. The van der Waals surface area contributed by atoms with E-state index in [2.05, 4.69) is 200 Å². The van der Waals surface area contributed by atoms with Crippen LogP contribution in [0.4, 0.5) is 62.6 Å². The molecule has 398 valence electrons. The van der Waals surface area contributed by atoms with Crippen LogP contribution in [-0.4, -0.2) is 37.6 Å². The topological polar surface area (TPSA) is 25.4 Å². The number of ether oxygens (including phenoxy) is 1. The van der Waals surface area contributed by atoms with Gasteiger partial charge in [0.1, 0.15) is 11.5 Å². The zero-order valence-electron chi connectivity index (χ0n) is 46.5. The first kappa shape index (κ1) is 48.6. The molecule has 4 heterocycles. The maximum Gasteiger partial charge on any atom is 0.256 e. The van der Waals surface area contributed by atoms with Gasteiger partial charge >= 0.3 is 0 Å². The van der Waals surface area contributed by atoms with Gasteiger partial charge in [-0.3, -0.25) is 0 Å². The maximum atomic E-state index is 7.80. The number of hydrogen-bond donors (Lipinski definition) is 0. The molecule has 6 nitrogen and oxygen atoms in total. The van der Waals surface area contributed by atoms with Crippen molar-refractivity contribution in [2.24, 2.45) is 0 Å². The van der Waals surface area contributed by atoms with Crippen LogP contribution in [0, 0.1) is 0 Å². The molecule has 8 aliphatic rings. The second kappa shape index (κ2) is 20.3. The summed E-state index contributed by atoms with van der Waals surface area (Å²) in [4.78, 5) is 13.7. The number of benzene rings is 8. The fourth-order valence-corrected chi connectivity index (χ4v) is 16.8. The fraction of sp³-hybridized carbons (Fsp3) is 0.333. The van der Waals surface area contributed by atoms with E-state index in [1.165, 1.54) is 224 Å². The van der Waals surface area contributed by atoms with Gasteiger partial charge in [-0.25, -0.2) is 0 Å². The number of rotatable bonds is 9. The molecule has 4 fully saturated rings. The lowest BCUT2D eigenvalue weighted by molar-refractivity contribution is 0.339. The summed E-state index contributed by atoms with van der Waals surface area (Å²) < 4.78 is 7.80. The molecule has 0 saturated heterocycles. The van der Waals surface area contributed by atoms with Crippen LogP contribution in [0.15, 0.2) is 176 Å². The Morgan fingerprint density at radius 1 is 0.300 bits per heavy atom. The van der Waals surface area contributed by atoms with Crippen LogP contribution < -0.4 is 62.0 Å². The van der Waals surface area contributed by atoms with E-state index in [9.17, 15) is 0 Å². The van der Waals surface area contributed by atoms with E-state index >= 15 is 0 Å². The lowest BCUT2D eigenvalue weighted by atomic mass is 9.30. The van der Waals surface area contributed by atoms with Gasteiger partial charge in [0.25, 0.3) is 13.4 Å². The number of fused-ring (bicyclic) bond motifs is 8. The largest absolute Gasteiger partial charge is 0.458 e. The van der Waals surface area contributed by atoms with Gasteiger partial charge in [-0.05, 0) is 151 Å². The summed E-state index contributed by atoms with van der Waals surface area (Å²) in [5, 5.41) is 0. The highest BCUT2D eigenvalue weighted by atomic mass is 16.5. The van der Waals surface area contributed by atoms with Crippen molar-refractivity contribution in [3.63, 3.8) is 0 Å². The Bertz CT molecular complexity index is 3550. The molecule has 16 rings (SSSR count). The van der Waals surface area contributed by atoms with Gasteiger partial charge in [-0.1, -0.05) is 174 Å². The van der Waals surface area contributed by atoms with Crippen LogP contribution >= 0.6 is 0 Å². The molecule has 4 aliphatic carbocycles. The molecule has 0 aromatic heterocycles. The van der Waals surface area contributed by atoms with Gasteiger partial charge in [0, 0.05) is 98.9 Å². The van der Waals surface area contributed by atoms with E-state index in [1.54, 1.807) is 0 Å². The van der Waals surface area contributed by atoms with E-state index < -0.39 is 0 Å². The van der Waals surface area contributed by atoms with Crippen molar-refractivity contribution in [1.82, 2.24) is 0 Å². The molecule has 4 saturated carbocycles. The standard InChI is InChI=1S/C72H73B2N5O/c1-8-26-50(27-9-1)75(51-28-10-2-11-29-51)57-44-66-71-67(45-57)79(56-38-20-7-21-39-56)65-49-69-62(48-61(65)73(71)59-40-22-24-42-63(59)77(66)54-34-16-5-17-35-54)74-60-41-23-25-43-64(60)78(55-36-18-6-19-37-55)68-46-58(47-70(80-69)72(68)74)76(52-30-12-3-13-31-52)53-32-14-4-15-33-53/h5-7,16-25,34-53H,1-4,8-15,26-33H2. The molecule has 0 atom stereocenters. The molecule has 8 aromatic rings. The average Bonchev–Trinajstić information content (AvgIpc) is 3.70. The maximum absolute atomic E-state index is 7.80. The molecule has 0 unspecified atom stereocenters. The van der Waals surface area contributed by atoms with Gasteiger partial charge in [0.2, 0.25) is 0 Å². The number of nitrogens with zero attached hydrogens (tertiary/aromatic N) is 5. The summed E-state index contributed by atoms with van der Waals surface area (Å²) in [7, 11) is 0. The molecular weight excluding hydrogens is 972 g/mol. The Morgan fingerprint density at radius 3 is 1.10 bits per heavy atom. The van der Waals surface area contributed by atoms with Crippen molar-refractivity contribution in [3.05, 3.63) is 176 Å². The molecule has 8 aromatic carbocycles. The third-order valence-corrected chi connectivity index (χ3v) is 20.3. The molecule has 80 heavy (non-hydrogen) atoms. The summed E-state index contributed by atoms with van der Waals surface area (Å²) in [6.07, 6.45) is 26.0. The Hall–Kier alpha value is -7.31. The third kappa shape index (κ3) is 8.04. The normalized spacial score (nSPS) is 18.8. The highest BCUT2D eigenvalue weighted by Crippen LogP contribution is 2.50. The minimum atomic E-state index is -0.0373. The molecule has 8 heteroatoms. The zero-order valence-corrected chi connectivity index (χ0v) is 46.5. The van der Waals surface area contributed by atoms with Gasteiger partial charge in [0.15, 0.2) is 0 Å². The highest BCUT2D eigenvalue weighted by molar-refractivity contribution is 7.02. The second-order valence-electron chi connectivity index (χ2n) is 24.8. The zero-order chi connectivity index (χ0) is 52.7. The first-order chi connectivity index (χ1) is 39.7. The van der Waals surface area contributed by atoms with Crippen LogP contribution in [0.1, 0.15) is 128 Å². The van der Waals surface area contributed by atoms with Crippen LogP contribution in [0.2, 0.25) is 0 Å². The third-order valence-electron chi connectivity index (χ3n) is 20.3. The van der Waals surface area contributed by atoms with E-state index in [-0.39, 0.29) is 13.4 Å². The molecular formula is C72H73B2N5O. The van der Waals surface area contributed by atoms with Crippen molar-refractivity contribution < 1.29 is 4.74 Å². The molecule has 0 bridgehead atoms. The minimum Gasteiger partial charge on any atom is -0.458 e. The Labute approximate surface area is 475 Å².